The van der Waals surface area contributed by atoms with Crippen LogP contribution in [0.1, 0.15) is 58.8 Å². The fourth-order valence-electron chi connectivity index (χ4n) is 2.23. The molecule has 1 N–H and O–H groups in total. The number of hydrogen-bond donors (Lipinski definition) is 1. The molecule has 0 aliphatic heterocycles. The summed E-state index contributed by atoms with van der Waals surface area (Å²) in [5.41, 5.74) is 0. The van der Waals surface area contributed by atoms with E-state index >= 15 is 0 Å². The molecule has 0 aliphatic rings. The lowest BCUT2D eigenvalue weighted by molar-refractivity contribution is 0.458. The molecule has 3 nitrogen and oxygen atoms in total. The Morgan fingerprint density at radius 3 is 2.50 bits per heavy atom. The second-order valence-corrected chi connectivity index (χ2v) is 6.98. The first-order valence-electron chi connectivity index (χ1n) is 7.99. The predicted octanol–water partition coefficient (Wildman–Crippen LogP) is 4.29. The average molecular weight is 298 g/mol. The van der Waals surface area contributed by atoms with E-state index in [9.17, 15) is 0 Å². The van der Waals surface area contributed by atoms with Gasteiger partial charge < -0.3 is 10.2 Å². The number of nitrogens with zero attached hydrogens (tertiary/aromatic N) is 2. The van der Waals surface area contributed by atoms with Crippen LogP contribution in [0.15, 0.2) is 6.20 Å². The largest absolute Gasteiger partial charge is 0.349 e. The van der Waals surface area contributed by atoms with Crippen LogP contribution in [0.25, 0.3) is 0 Å². The summed E-state index contributed by atoms with van der Waals surface area (Å²) >= 11 is 1.81. The SMILES string of the molecule is CCN(CC)c1ncc(CNC(C)CCCC(C)C)s1. The summed E-state index contributed by atoms with van der Waals surface area (Å²) in [5.74, 6) is 0.820. The van der Waals surface area contributed by atoms with Gasteiger partial charge in [-0.2, -0.15) is 0 Å². The van der Waals surface area contributed by atoms with Crippen LogP contribution in [0.4, 0.5) is 5.13 Å². The van der Waals surface area contributed by atoms with E-state index in [1.54, 1.807) is 0 Å². The van der Waals surface area contributed by atoms with Gasteiger partial charge in [-0.15, -0.1) is 11.3 Å². The van der Waals surface area contributed by atoms with Crippen LogP contribution in [0.3, 0.4) is 0 Å². The topological polar surface area (TPSA) is 28.2 Å². The van der Waals surface area contributed by atoms with Crippen molar-refractivity contribution in [1.29, 1.82) is 0 Å². The molecule has 0 bridgehead atoms. The molecule has 1 unspecified atom stereocenters. The first-order valence-corrected chi connectivity index (χ1v) is 8.81. The standard InChI is InChI=1S/C16H31N3S/c1-6-19(7-2)16-18-12-15(20-16)11-17-14(5)10-8-9-13(3)4/h12-14,17H,6-11H2,1-5H3. The molecule has 0 radical (unpaired) electrons. The van der Waals surface area contributed by atoms with Gasteiger partial charge in [-0.3, -0.25) is 0 Å². The van der Waals surface area contributed by atoms with E-state index in [0.29, 0.717) is 6.04 Å². The molecule has 1 rings (SSSR count). The zero-order valence-electron chi connectivity index (χ0n) is 13.8. The Bertz CT molecular complexity index is 358. The fourth-order valence-corrected chi connectivity index (χ4v) is 3.22. The van der Waals surface area contributed by atoms with Gasteiger partial charge in [0.2, 0.25) is 0 Å². The van der Waals surface area contributed by atoms with E-state index in [2.05, 4.69) is 49.8 Å². The van der Waals surface area contributed by atoms with Crippen molar-refractivity contribution in [2.24, 2.45) is 5.92 Å². The van der Waals surface area contributed by atoms with E-state index in [4.69, 9.17) is 0 Å². The van der Waals surface area contributed by atoms with Crippen molar-refractivity contribution in [2.75, 3.05) is 18.0 Å². The highest BCUT2D eigenvalue weighted by atomic mass is 32.1. The molecule has 4 heteroatoms. The molecule has 0 saturated carbocycles. The number of thiazole rings is 1. The Labute approximate surface area is 128 Å². The van der Waals surface area contributed by atoms with Crippen LogP contribution in [-0.2, 0) is 6.54 Å². The lowest BCUT2D eigenvalue weighted by Gasteiger charge is -2.16. The quantitative estimate of drug-likeness (QED) is 0.698. The maximum absolute atomic E-state index is 4.53. The van der Waals surface area contributed by atoms with Crippen LogP contribution in [0.2, 0.25) is 0 Å². The summed E-state index contributed by atoms with van der Waals surface area (Å²) in [4.78, 5) is 8.17. The van der Waals surface area contributed by atoms with Gasteiger partial charge in [0.15, 0.2) is 5.13 Å². The molecule has 0 amide bonds. The lowest BCUT2D eigenvalue weighted by Crippen LogP contribution is -2.25. The lowest BCUT2D eigenvalue weighted by atomic mass is 10.0. The van der Waals surface area contributed by atoms with Crippen molar-refractivity contribution in [2.45, 2.75) is 66.5 Å². The van der Waals surface area contributed by atoms with Crippen LogP contribution < -0.4 is 10.2 Å². The molecule has 1 atom stereocenters. The van der Waals surface area contributed by atoms with Gasteiger partial charge >= 0.3 is 0 Å². The molecule has 20 heavy (non-hydrogen) atoms. The maximum atomic E-state index is 4.53. The number of rotatable bonds is 10. The smallest absolute Gasteiger partial charge is 0.185 e. The highest BCUT2D eigenvalue weighted by Crippen LogP contribution is 2.22. The first-order chi connectivity index (χ1) is 9.56. The molecule has 1 heterocycles. The molecule has 0 saturated heterocycles. The normalized spacial score (nSPS) is 12.9. The van der Waals surface area contributed by atoms with Crippen molar-refractivity contribution in [3.63, 3.8) is 0 Å². The molecule has 116 valence electrons. The maximum Gasteiger partial charge on any atom is 0.185 e. The number of anilines is 1. The zero-order valence-corrected chi connectivity index (χ0v) is 14.6. The summed E-state index contributed by atoms with van der Waals surface area (Å²) in [6.45, 7) is 14.2. The number of nitrogens with one attached hydrogen (secondary N) is 1. The van der Waals surface area contributed by atoms with Crippen molar-refractivity contribution >= 4 is 16.5 Å². The van der Waals surface area contributed by atoms with Gasteiger partial charge in [0.05, 0.1) is 0 Å². The number of aromatic nitrogens is 1. The van der Waals surface area contributed by atoms with E-state index in [-0.39, 0.29) is 0 Å². The molecule has 1 aromatic heterocycles. The van der Waals surface area contributed by atoms with E-state index in [1.165, 1.54) is 24.1 Å². The molecule has 0 aromatic carbocycles. The minimum atomic E-state index is 0.591. The molecule has 0 fully saturated rings. The van der Waals surface area contributed by atoms with Crippen molar-refractivity contribution in [1.82, 2.24) is 10.3 Å². The summed E-state index contributed by atoms with van der Waals surface area (Å²) < 4.78 is 0. The highest BCUT2D eigenvalue weighted by Gasteiger charge is 2.08. The molecular weight excluding hydrogens is 266 g/mol. The Balaban J connectivity index is 2.31. The third kappa shape index (κ3) is 6.23. The van der Waals surface area contributed by atoms with Gasteiger partial charge in [0, 0.05) is 36.8 Å². The summed E-state index contributed by atoms with van der Waals surface area (Å²) in [5, 5.41) is 4.76. The van der Waals surface area contributed by atoms with Crippen LogP contribution in [0, 0.1) is 5.92 Å². The van der Waals surface area contributed by atoms with E-state index in [0.717, 1.165) is 30.7 Å². The third-order valence-electron chi connectivity index (χ3n) is 3.62. The Kier molecular flexibility index (Phi) is 8.15. The Hall–Kier alpha value is -0.610. The van der Waals surface area contributed by atoms with Gasteiger partial charge in [-0.1, -0.05) is 26.7 Å². The second kappa shape index (κ2) is 9.35. The zero-order chi connectivity index (χ0) is 15.0. The van der Waals surface area contributed by atoms with Crippen molar-refractivity contribution in [3.8, 4) is 0 Å². The Morgan fingerprint density at radius 2 is 1.90 bits per heavy atom. The van der Waals surface area contributed by atoms with Crippen molar-refractivity contribution < 1.29 is 0 Å². The van der Waals surface area contributed by atoms with Crippen LogP contribution >= 0.6 is 11.3 Å². The second-order valence-electron chi connectivity index (χ2n) is 5.89. The summed E-state index contributed by atoms with van der Waals surface area (Å²) in [7, 11) is 0. The van der Waals surface area contributed by atoms with Crippen molar-refractivity contribution in [3.05, 3.63) is 11.1 Å². The van der Waals surface area contributed by atoms with E-state index in [1.807, 2.05) is 17.5 Å². The number of hydrogen-bond acceptors (Lipinski definition) is 4. The Morgan fingerprint density at radius 1 is 1.20 bits per heavy atom. The molecule has 0 spiro atoms. The summed E-state index contributed by atoms with van der Waals surface area (Å²) in [6.07, 6.45) is 5.93. The summed E-state index contributed by atoms with van der Waals surface area (Å²) in [6, 6.07) is 0.591. The predicted molar refractivity (Wildman–Crippen MR) is 90.7 cm³/mol. The molecule has 1 aromatic rings. The van der Waals surface area contributed by atoms with Gasteiger partial charge in [0.1, 0.15) is 0 Å². The monoisotopic (exact) mass is 297 g/mol. The minimum Gasteiger partial charge on any atom is -0.349 e. The molecule has 0 aliphatic carbocycles. The van der Waals surface area contributed by atoms with Crippen LogP contribution in [0.5, 0.6) is 0 Å². The fraction of sp³-hybridized carbons (Fsp3) is 0.812. The van der Waals surface area contributed by atoms with E-state index < -0.39 is 0 Å². The minimum absolute atomic E-state index is 0.591. The average Bonchev–Trinajstić information content (AvgIpc) is 2.86. The molecular formula is C16H31N3S. The third-order valence-corrected chi connectivity index (χ3v) is 4.68. The van der Waals surface area contributed by atoms with Gasteiger partial charge in [-0.25, -0.2) is 4.98 Å². The van der Waals surface area contributed by atoms with Crippen LogP contribution in [-0.4, -0.2) is 24.1 Å². The highest BCUT2D eigenvalue weighted by molar-refractivity contribution is 7.15. The van der Waals surface area contributed by atoms with Gasteiger partial charge in [-0.05, 0) is 33.1 Å². The first kappa shape index (κ1) is 17.4. The van der Waals surface area contributed by atoms with Gasteiger partial charge in [0.25, 0.3) is 0 Å².